The quantitative estimate of drug-likeness (QED) is 0.605. The molecule has 0 spiro atoms. The average molecular weight is 369 g/mol. The number of nitrogens with one attached hydrogen (secondary N) is 2. The van der Waals surface area contributed by atoms with Gasteiger partial charge in [0.15, 0.2) is 11.3 Å². The number of rotatable bonds is 4. The van der Waals surface area contributed by atoms with E-state index in [2.05, 4.69) is 36.8 Å². The zero-order valence-corrected chi connectivity index (χ0v) is 15.2. The molecule has 2 aliphatic rings. The largest absolute Gasteiger partial charge is 0.446 e. The Morgan fingerprint density at radius 3 is 3.07 bits per heavy atom. The van der Waals surface area contributed by atoms with Crippen molar-refractivity contribution in [1.82, 2.24) is 29.9 Å². The van der Waals surface area contributed by atoms with Crippen LogP contribution >= 0.6 is 0 Å². The summed E-state index contributed by atoms with van der Waals surface area (Å²) in [6, 6.07) is 1.98. The number of fused-ring (bicyclic) bond motifs is 3. The van der Waals surface area contributed by atoms with Crippen LogP contribution in [0.25, 0.3) is 16.8 Å². The van der Waals surface area contributed by atoms with Crippen molar-refractivity contribution in [2.24, 2.45) is 11.7 Å². The first-order valence-corrected chi connectivity index (χ1v) is 9.51. The molecule has 0 unspecified atom stereocenters. The third-order valence-electron chi connectivity index (χ3n) is 5.89. The number of carbonyl (C=O) groups is 1. The zero-order valence-electron chi connectivity index (χ0n) is 15.2. The van der Waals surface area contributed by atoms with Crippen LogP contribution in [-0.2, 0) is 4.74 Å². The second kappa shape index (κ2) is 5.91. The Morgan fingerprint density at radius 1 is 1.44 bits per heavy atom. The summed E-state index contributed by atoms with van der Waals surface area (Å²) < 4.78 is 7.73. The molecule has 27 heavy (non-hydrogen) atoms. The van der Waals surface area contributed by atoms with Gasteiger partial charge in [-0.15, -0.1) is 10.2 Å². The van der Waals surface area contributed by atoms with E-state index in [1.165, 1.54) is 0 Å². The molecule has 0 aliphatic heterocycles. The molecule has 4 N–H and O–H groups in total. The molecule has 5 rings (SSSR count). The maximum Gasteiger partial charge on any atom is 0.408 e. The standard InChI is InChI=1S/C18H23N7O2/c1-2-10-7-11(27-17(26)22-18(19)4-5-18)8-12(10)16-24-23-14-9-21-15-13(25(14)16)3-6-20-15/h3,6,9-12,20H,2,4-5,7-8,19H2,1H3,(H,22,26)/t10-,11+,12+/m1/s1. The van der Waals surface area contributed by atoms with Gasteiger partial charge in [0.2, 0.25) is 0 Å². The van der Waals surface area contributed by atoms with Gasteiger partial charge in [0.1, 0.15) is 11.9 Å². The molecular weight excluding hydrogens is 346 g/mol. The summed E-state index contributed by atoms with van der Waals surface area (Å²) in [6.45, 7) is 2.16. The van der Waals surface area contributed by atoms with E-state index in [0.29, 0.717) is 5.92 Å². The summed E-state index contributed by atoms with van der Waals surface area (Å²) in [5.74, 6) is 1.47. The first kappa shape index (κ1) is 16.5. The summed E-state index contributed by atoms with van der Waals surface area (Å²) in [5.41, 5.74) is 7.88. The van der Waals surface area contributed by atoms with Crippen LogP contribution in [0.3, 0.4) is 0 Å². The monoisotopic (exact) mass is 369 g/mol. The van der Waals surface area contributed by atoms with E-state index in [-0.39, 0.29) is 12.0 Å². The fourth-order valence-corrected chi connectivity index (χ4v) is 4.22. The van der Waals surface area contributed by atoms with Gasteiger partial charge in [-0.1, -0.05) is 13.3 Å². The van der Waals surface area contributed by atoms with Crippen LogP contribution in [0.1, 0.15) is 50.8 Å². The summed E-state index contributed by atoms with van der Waals surface area (Å²) in [4.78, 5) is 19.6. The number of amides is 1. The maximum atomic E-state index is 12.1. The first-order valence-electron chi connectivity index (χ1n) is 9.51. The van der Waals surface area contributed by atoms with E-state index >= 15 is 0 Å². The number of hydrogen-bond donors (Lipinski definition) is 3. The van der Waals surface area contributed by atoms with Crippen LogP contribution in [0.15, 0.2) is 18.5 Å². The fraction of sp³-hybridized carbons (Fsp3) is 0.556. The highest BCUT2D eigenvalue weighted by atomic mass is 16.6. The van der Waals surface area contributed by atoms with Crippen molar-refractivity contribution >= 4 is 22.9 Å². The number of carbonyl (C=O) groups excluding carboxylic acids is 1. The second-order valence-electron chi connectivity index (χ2n) is 7.78. The summed E-state index contributed by atoms with van der Waals surface area (Å²) >= 11 is 0. The SMILES string of the molecule is CC[C@@H]1C[C@H](OC(=O)NC2(N)CC2)C[C@@H]1c1nnc2cnc3[nH]ccc3n12. The summed E-state index contributed by atoms with van der Waals surface area (Å²) in [5, 5.41) is 11.5. The van der Waals surface area contributed by atoms with Crippen molar-refractivity contribution < 1.29 is 9.53 Å². The van der Waals surface area contributed by atoms with Gasteiger partial charge in [0, 0.05) is 12.1 Å². The lowest BCUT2D eigenvalue weighted by Crippen LogP contribution is -2.45. The van der Waals surface area contributed by atoms with E-state index in [0.717, 1.165) is 54.7 Å². The predicted octanol–water partition coefficient (Wildman–Crippen LogP) is 2.05. The summed E-state index contributed by atoms with van der Waals surface area (Å²) in [7, 11) is 0. The van der Waals surface area contributed by atoms with E-state index < -0.39 is 11.8 Å². The maximum absolute atomic E-state index is 12.1. The number of aromatic nitrogens is 5. The predicted molar refractivity (Wildman–Crippen MR) is 98.0 cm³/mol. The molecule has 0 saturated heterocycles. The highest BCUT2D eigenvalue weighted by Gasteiger charge is 2.43. The first-order chi connectivity index (χ1) is 13.1. The van der Waals surface area contributed by atoms with Gasteiger partial charge in [-0.2, -0.15) is 0 Å². The van der Waals surface area contributed by atoms with Crippen LogP contribution in [0.5, 0.6) is 0 Å². The van der Waals surface area contributed by atoms with Crippen molar-refractivity contribution in [2.45, 2.75) is 56.7 Å². The van der Waals surface area contributed by atoms with Gasteiger partial charge in [0.25, 0.3) is 0 Å². The highest BCUT2D eigenvalue weighted by molar-refractivity contribution is 5.74. The van der Waals surface area contributed by atoms with Crippen molar-refractivity contribution in [1.29, 1.82) is 0 Å². The number of H-pyrrole nitrogens is 1. The van der Waals surface area contributed by atoms with Gasteiger partial charge >= 0.3 is 6.09 Å². The molecule has 1 amide bonds. The number of nitrogens with zero attached hydrogens (tertiary/aromatic N) is 4. The number of aromatic amines is 1. The molecule has 3 heterocycles. The molecule has 0 bridgehead atoms. The Kier molecular flexibility index (Phi) is 3.61. The Labute approximate surface area is 155 Å². The lowest BCUT2D eigenvalue weighted by atomic mass is 9.93. The molecule has 2 aliphatic carbocycles. The molecule has 3 aromatic heterocycles. The molecule has 0 aromatic carbocycles. The highest BCUT2D eigenvalue weighted by Crippen LogP contribution is 2.42. The van der Waals surface area contributed by atoms with Crippen LogP contribution in [0.4, 0.5) is 4.79 Å². The molecule has 2 saturated carbocycles. The minimum atomic E-state index is -0.560. The molecule has 9 nitrogen and oxygen atoms in total. The third-order valence-corrected chi connectivity index (χ3v) is 5.89. The van der Waals surface area contributed by atoms with Crippen molar-refractivity contribution in [3.63, 3.8) is 0 Å². The molecule has 2 fully saturated rings. The van der Waals surface area contributed by atoms with E-state index in [4.69, 9.17) is 10.5 Å². The number of nitrogens with two attached hydrogens (primary N) is 1. The van der Waals surface area contributed by atoms with E-state index in [1.54, 1.807) is 6.20 Å². The Hall–Kier alpha value is -2.68. The third kappa shape index (κ3) is 2.82. The van der Waals surface area contributed by atoms with E-state index in [1.807, 2.05) is 12.3 Å². The lowest BCUT2D eigenvalue weighted by molar-refractivity contribution is 0.0943. The van der Waals surface area contributed by atoms with Crippen molar-refractivity contribution in [3.05, 3.63) is 24.3 Å². The normalized spacial score (nSPS) is 26.5. The molecule has 9 heteroatoms. The Morgan fingerprint density at radius 2 is 2.30 bits per heavy atom. The minimum absolute atomic E-state index is 0.141. The van der Waals surface area contributed by atoms with E-state index in [9.17, 15) is 4.79 Å². The topological polar surface area (TPSA) is 123 Å². The van der Waals surface area contributed by atoms with Crippen molar-refractivity contribution in [3.8, 4) is 0 Å². The van der Waals surface area contributed by atoms with Crippen molar-refractivity contribution in [2.75, 3.05) is 0 Å². The summed E-state index contributed by atoms with van der Waals surface area (Å²) in [6.07, 6.45) is 7.19. The fourth-order valence-electron chi connectivity index (χ4n) is 4.22. The van der Waals surface area contributed by atoms with Crippen LogP contribution in [-0.4, -0.2) is 42.4 Å². The number of alkyl carbamates (subject to hydrolysis) is 1. The average Bonchev–Trinajstić information content (AvgIpc) is 3.05. The molecular formula is C18H23N7O2. The van der Waals surface area contributed by atoms with Gasteiger partial charge in [-0.05, 0) is 37.7 Å². The van der Waals surface area contributed by atoms with Gasteiger partial charge in [0.05, 0.1) is 17.4 Å². The molecule has 142 valence electrons. The van der Waals surface area contributed by atoms with Crippen LogP contribution in [0.2, 0.25) is 0 Å². The second-order valence-corrected chi connectivity index (χ2v) is 7.78. The number of hydrogen-bond acceptors (Lipinski definition) is 6. The molecule has 3 aromatic rings. The number of ether oxygens (including phenoxy) is 1. The Balaban J connectivity index is 1.41. The zero-order chi connectivity index (χ0) is 18.6. The lowest BCUT2D eigenvalue weighted by Gasteiger charge is -2.16. The molecule has 3 atom stereocenters. The van der Waals surface area contributed by atoms with Gasteiger partial charge < -0.3 is 20.8 Å². The van der Waals surface area contributed by atoms with Crippen LogP contribution < -0.4 is 11.1 Å². The minimum Gasteiger partial charge on any atom is -0.446 e. The Bertz CT molecular complexity index is 1010. The molecule has 0 radical (unpaired) electrons. The smallest absolute Gasteiger partial charge is 0.408 e. The van der Waals surface area contributed by atoms with Crippen LogP contribution in [0, 0.1) is 5.92 Å². The van der Waals surface area contributed by atoms with Gasteiger partial charge in [-0.3, -0.25) is 4.40 Å². The van der Waals surface area contributed by atoms with Gasteiger partial charge in [-0.25, -0.2) is 9.78 Å².